The van der Waals surface area contributed by atoms with Crippen LogP contribution in [0.15, 0.2) is 0 Å². The largest absolute Gasteiger partial charge is 0.444 e. The van der Waals surface area contributed by atoms with Crippen molar-refractivity contribution in [2.75, 3.05) is 33.2 Å². The van der Waals surface area contributed by atoms with Gasteiger partial charge in [0.15, 0.2) is 0 Å². The lowest BCUT2D eigenvalue weighted by molar-refractivity contribution is 0.0144. The van der Waals surface area contributed by atoms with Gasteiger partial charge in [0.05, 0.1) is 0 Å². The smallest absolute Gasteiger partial charge is 0.410 e. The van der Waals surface area contributed by atoms with Gasteiger partial charge < -0.3 is 19.9 Å². The second-order valence-corrected chi connectivity index (χ2v) is 8.87. The van der Waals surface area contributed by atoms with Crippen LogP contribution in [-0.4, -0.2) is 66.8 Å². The van der Waals surface area contributed by atoms with Gasteiger partial charge in [-0.15, -0.1) is 0 Å². The fraction of sp³-hybridized carbons (Fsp3) is 0.950. The number of amides is 1. The molecular weight excluding hydrogens is 314 g/mol. The van der Waals surface area contributed by atoms with Crippen molar-refractivity contribution in [3.63, 3.8) is 0 Å². The lowest BCUT2D eigenvalue weighted by Crippen LogP contribution is -2.49. The minimum Gasteiger partial charge on any atom is -0.444 e. The zero-order chi connectivity index (χ0) is 18.3. The molecule has 5 heteroatoms. The van der Waals surface area contributed by atoms with E-state index in [9.17, 15) is 4.79 Å². The molecule has 1 aliphatic heterocycles. The molecule has 1 aliphatic carbocycles. The minimum absolute atomic E-state index is 0.137. The van der Waals surface area contributed by atoms with Gasteiger partial charge in [0.2, 0.25) is 0 Å². The summed E-state index contributed by atoms with van der Waals surface area (Å²) >= 11 is 0. The van der Waals surface area contributed by atoms with Crippen LogP contribution in [0.25, 0.3) is 0 Å². The first kappa shape index (κ1) is 20.5. The molecule has 5 nitrogen and oxygen atoms in total. The molecule has 2 rings (SSSR count). The van der Waals surface area contributed by atoms with Crippen molar-refractivity contribution in [1.82, 2.24) is 15.1 Å². The molecule has 1 N–H and O–H groups in total. The Morgan fingerprint density at radius 3 is 2.40 bits per heavy atom. The van der Waals surface area contributed by atoms with Crippen LogP contribution in [-0.2, 0) is 4.74 Å². The van der Waals surface area contributed by atoms with E-state index in [1.165, 1.54) is 45.1 Å². The van der Waals surface area contributed by atoms with Crippen molar-refractivity contribution in [2.45, 2.75) is 89.8 Å². The zero-order valence-corrected chi connectivity index (χ0v) is 16.9. The second kappa shape index (κ2) is 9.77. The molecule has 0 radical (unpaired) electrons. The highest BCUT2D eigenvalue weighted by molar-refractivity contribution is 5.68. The Balaban J connectivity index is 1.89. The van der Waals surface area contributed by atoms with Gasteiger partial charge in [-0.1, -0.05) is 25.7 Å². The molecule has 2 aliphatic rings. The molecule has 1 saturated heterocycles. The van der Waals surface area contributed by atoms with Crippen LogP contribution in [0.4, 0.5) is 4.79 Å². The molecule has 0 aromatic rings. The molecule has 0 aromatic heterocycles. The minimum atomic E-state index is -0.431. The van der Waals surface area contributed by atoms with E-state index in [2.05, 4.69) is 17.3 Å². The summed E-state index contributed by atoms with van der Waals surface area (Å²) in [5, 5.41) is 3.66. The molecule has 1 amide bonds. The number of likely N-dealkylation sites (N-methyl/N-ethyl adjacent to an activating group) is 1. The fourth-order valence-electron chi connectivity index (χ4n) is 4.04. The van der Waals surface area contributed by atoms with E-state index >= 15 is 0 Å². The first-order valence-electron chi connectivity index (χ1n) is 10.3. The highest BCUT2D eigenvalue weighted by atomic mass is 16.6. The standard InChI is InChI=1S/C20H39N3O2/c1-20(2,3)25-19(24)23(18-11-7-5-6-8-12-18)15-13-21-17-10-9-14-22(4)16-17/h17-18,21H,5-16H2,1-4H3. The number of hydrogen-bond acceptors (Lipinski definition) is 4. The number of hydrogen-bond donors (Lipinski definition) is 1. The number of nitrogens with one attached hydrogen (secondary N) is 1. The number of rotatable bonds is 5. The van der Waals surface area contributed by atoms with Crippen LogP contribution >= 0.6 is 0 Å². The van der Waals surface area contributed by atoms with Crippen LogP contribution in [0.2, 0.25) is 0 Å². The van der Waals surface area contributed by atoms with E-state index in [4.69, 9.17) is 4.74 Å². The summed E-state index contributed by atoms with van der Waals surface area (Å²) < 4.78 is 5.70. The molecule has 0 bridgehead atoms. The van der Waals surface area contributed by atoms with Gasteiger partial charge in [-0.3, -0.25) is 0 Å². The molecular formula is C20H39N3O2. The van der Waals surface area contributed by atoms with E-state index in [-0.39, 0.29) is 6.09 Å². The Labute approximate surface area is 154 Å². The van der Waals surface area contributed by atoms with Gasteiger partial charge in [-0.05, 0) is 60.0 Å². The van der Waals surface area contributed by atoms with Crippen molar-refractivity contribution in [3.8, 4) is 0 Å². The van der Waals surface area contributed by atoms with E-state index in [1.54, 1.807) is 0 Å². The monoisotopic (exact) mass is 353 g/mol. The quantitative estimate of drug-likeness (QED) is 0.767. The van der Waals surface area contributed by atoms with E-state index < -0.39 is 5.60 Å². The Morgan fingerprint density at radius 2 is 1.80 bits per heavy atom. The van der Waals surface area contributed by atoms with Gasteiger partial charge in [-0.2, -0.15) is 0 Å². The van der Waals surface area contributed by atoms with Crippen molar-refractivity contribution in [2.24, 2.45) is 0 Å². The van der Waals surface area contributed by atoms with Crippen LogP contribution in [0.1, 0.15) is 72.1 Å². The molecule has 146 valence electrons. The normalized spacial score (nSPS) is 23.9. The summed E-state index contributed by atoms with van der Waals surface area (Å²) in [7, 11) is 2.19. The number of likely N-dealkylation sites (tertiary alicyclic amines) is 1. The molecule has 0 aromatic carbocycles. The van der Waals surface area contributed by atoms with Crippen molar-refractivity contribution >= 4 is 6.09 Å². The zero-order valence-electron chi connectivity index (χ0n) is 16.9. The third-order valence-electron chi connectivity index (χ3n) is 5.30. The average Bonchev–Trinajstić information content (AvgIpc) is 2.79. The first-order chi connectivity index (χ1) is 11.8. The Bertz CT molecular complexity index is 400. The predicted octanol–water partition coefficient (Wildman–Crippen LogP) is 3.63. The number of carbonyl (C=O) groups is 1. The maximum atomic E-state index is 12.8. The van der Waals surface area contributed by atoms with E-state index in [0.717, 1.165) is 32.5 Å². The summed E-state index contributed by atoms with van der Waals surface area (Å²) in [4.78, 5) is 17.2. The van der Waals surface area contributed by atoms with Gasteiger partial charge >= 0.3 is 6.09 Å². The first-order valence-corrected chi connectivity index (χ1v) is 10.3. The molecule has 0 spiro atoms. The topological polar surface area (TPSA) is 44.8 Å². The molecule has 1 atom stereocenters. The summed E-state index contributed by atoms with van der Waals surface area (Å²) in [6.45, 7) is 9.76. The third-order valence-corrected chi connectivity index (χ3v) is 5.30. The van der Waals surface area contributed by atoms with Crippen LogP contribution in [0.3, 0.4) is 0 Å². The Kier molecular flexibility index (Phi) is 8.01. The van der Waals surface area contributed by atoms with Crippen molar-refractivity contribution in [1.29, 1.82) is 0 Å². The van der Waals surface area contributed by atoms with Crippen molar-refractivity contribution in [3.05, 3.63) is 0 Å². The van der Waals surface area contributed by atoms with Crippen LogP contribution in [0, 0.1) is 0 Å². The third kappa shape index (κ3) is 7.53. The lowest BCUT2D eigenvalue weighted by atomic mass is 10.1. The average molecular weight is 354 g/mol. The van der Waals surface area contributed by atoms with Gasteiger partial charge in [-0.25, -0.2) is 4.79 Å². The lowest BCUT2D eigenvalue weighted by Gasteiger charge is -2.35. The molecule has 1 heterocycles. The fourth-order valence-corrected chi connectivity index (χ4v) is 4.04. The van der Waals surface area contributed by atoms with Crippen LogP contribution in [0.5, 0.6) is 0 Å². The number of carbonyl (C=O) groups excluding carboxylic acids is 1. The van der Waals surface area contributed by atoms with Gasteiger partial charge in [0, 0.05) is 31.7 Å². The summed E-state index contributed by atoms with van der Waals surface area (Å²) in [6, 6.07) is 0.890. The van der Waals surface area contributed by atoms with E-state index in [1.807, 2.05) is 25.7 Å². The second-order valence-electron chi connectivity index (χ2n) is 8.87. The van der Waals surface area contributed by atoms with Crippen LogP contribution < -0.4 is 5.32 Å². The SMILES string of the molecule is CN1CCCC(NCCN(C(=O)OC(C)(C)C)C2CCCCCC2)C1. The molecule has 1 saturated carbocycles. The number of nitrogens with zero attached hydrogens (tertiary/aromatic N) is 2. The summed E-state index contributed by atoms with van der Waals surface area (Å²) in [5.74, 6) is 0. The summed E-state index contributed by atoms with van der Waals surface area (Å²) in [5.41, 5.74) is -0.431. The molecule has 25 heavy (non-hydrogen) atoms. The van der Waals surface area contributed by atoms with Gasteiger partial charge in [0.25, 0.3) is 0 Å². The van der Waals surface area contributed by atoms with E-state index in [0.29, 0.717) is 12.1 Å². The summed E-state index contributed by atoms with van der Waals surface area (Å²) in [6.07, 6.45) is 9.64. The van der Waals surface area contributed by atoms with Crippen molar-refractivity contribution < 1.29 is 9.53 Å². The highest BCUT2D eigenvalue weighted by Crippen LogP contribution is 2.23. The molecule has 1 unspecified atom stereocenters. The molecule has 2 fully saturated rings. The van der Waals surface area contributed by atoms with Gasteiger partial charge in [0.1, 0.15) is 5.60 Å². The predicted molar refractivity (Wildman–Crippen MR) is 103 cm³/mol. The maximum absolute atomic E-state index is 12.8. The number of ether oxygens (including phenoxy) is 1. The highest BCUT2D eigenvalue weighted by Gasteiger charge is 2.29. The Hall–Kier alpha value is -0.810. The number of piperidine rings is 1. The Morgan fingerprint density at radius 1 is 1.12 bits per heavy atom. The maximum Gasteiger partial charge on any atom is 0.410 e.